The summed E-state index contributed by atoms with van der Waals surface area (Å²) in [7, 11) is 0. The maximum Gasteiger partial charge on any atom is 0.151 e. The molecule has 5 heteroatoms. The Balaban J connectivity index is 0.000001000. The standard InChI is InChI=1S/C13H14N2S2.ClH/c1-2-4-12-11(3-1)15-13(17-12)16-7-10-8-5-14-6-9(8)10;/h1-4,8-10,14H,5-7H2;1H. The van der Waals surface area contributed by atoms with E-state index in [0.717, 1.165) is 23.3 Å². The topological polar surface area (TPSA) is 24.9 Å². The number of thioether (sulfide) groups is 1. The molecule has 1 aliphatic carbocycles. The highest BCUT2D eigenvalue weighted by Gasteiger charge is 2.52. The van der Waals surface area contributed by atoms with E-state index in [9.17, 15) is 0 Å². The normalized spacial score (nSPS) is 29.0. The van der Waals surface area contributed by atoms with Crippen LogP contribution in [0.1, 0.15) is 0 Å². The number of nitrogens with zero attached hydrogens (tertiary/aromatic N) is 1. The lowest BCUT2D eigenvalue weighted by molar-refractivity contribution is 0.640. The van der Waals surface area contributed by atoms with E-state index in [0.29, 0.717) is 0 Å². The molecule has 1 aromatic heterocycles. The van der Waals surface area contributed by atoms with Crippen molar-refractivity contribution in [3.8, 4) is 0 Å². The minimum atomic E-state index is 0. The van der Waals surface area contributed by atoms with E-state index in [1.165, 1.54) is 27.9 Å². The van der Waals surface area contributed by atoms with E-state index < -0.39 is 0 Å². The Labute approximate surface area is 121 Å². The molecule has 2 unspecified atom stereocenters. The smallest absolute Gasteiger partial charge is 0.151 e. The van der Waals surface area contributed by atoms with Crippen molar-refractivity contribution in [2.45, 2.75) is 4.34 Å². The average Bonchev–Trinajstić information content (AvgIpc) is 2.76. The van der Waals surface area contributed by atoms with E-state index in [2.05, 4.69) is 34.6 Å². The monoisotopic (exact) mass is 298 g/mol. The molecule has 0 spiro atoms. The highest BCUT2D eigenvalue weighted by atomic mass is 35.5. The molecule has 2 atom stereocenters. The fraction of sp³-hybridized carbons (Fsp3) is 0.462. The van der Waals surface area contributed by atoms with E-state index in [1.807, 2.05) is 23.1 Å². The number of benzene rings is 1. The highest BCUT2D eigenvalue weighted by molar-refractivity contribution is 8.01. The first kappa shape index (κ1) is 12.7. The van der Waals surface area contributed by atoms with Crippen LogP contribution in [0.3, 0.4) is 0 Å². The molecule has 2 aliphatic rings. The van der Waals surface area contributed by atoms with Gasteiger partial charge in [0, 0.05) is 5.75 Å². The van der Waals surface area contributed by atoms with E-state index in [1.54, 1.807) is 0 Å². The minimum absolute atomic E-state index is 0. The Morgan fingerprint density at radius 1 is 1.28 bits per heavy atom. The van der Waals surface area contributed by atoms with Crippen molar-refractivity contribution in [2.75, 3.05) is 18.8 Å². The zero-order chi connectivity index (χ0) is 11.2. The van der Waals surface area contributed by atoms with Crippen LogP contribution in [0.15, 0.2) is 28.6 Å². The van der Waals surface area contributed by atoms with Crippen LogP contribution in [0, 0.1) is 17.8 Å². The molecule has 1 saturated carbocycles. The van der Waals surface area contributed by atoms with Crippen molar-refractivity contribution in [2.24, 2.45) is 17.8 Å². The number of rotatable bonds is 3. The second kappa shape index (κ2) is 5.00. The van der Waals surface area contributed by atoms with Gasteiger partial charge in [-0.15, -0.1) is 23.7 Å². The maximum absolute atomic E-state index is 4.67. The first-order valence-electron chi connectivity index (χ1n) is 6.11. The molecule has 2 heterocycles. The van der Waals surface area contributed by atoms with Gasteiger partial charge in [0.2, 0.25) is 0 Å². The summed E-state index contributed by atoms with van der Waals surface area (Å²) in [6, 6.07) is 8.41. The summed E-state index contributed by atoms with van der Waals surface area (Å²) < 4.78 is 2.55. The summed E-state index contributed by atoms with van der Waals surface area (Å²) in [6.07, 6.45) is 0. The van der Waals surface area contributed by atoms with Crippen LogP contribution in [-0.4, -0.2) is 23.8 Å². The van der Waals surface area contributed by atoms with Gasteiger partial charge in [-0.25, -0.2) is 4.98 Å². The third kappa shape index (κ3) is 2.16. The van der Waals surface area contributed by atoms with Gasteiger partial charge in [-0.2, -0.15) is 0 Å². The summed E-state index contributed by atoms with van der Waals surface area (Å²) in [5.74, 6) is 4.15. The Bertz CT molecular complexity index is 514. The van der Waals surface area contributed by atoms with Crippen molar-refractivity contribution in [1.82, 2.24) is 10.3 Å². The van der Waals surface area contributed by atoms with Gasteiger partial charge >= 0.3 is 0 Å². The predicted molar refractivity (Wildman–Crippen MR) is 80.9 cm³/mol. The summed E-state index contributed by atoms with van der Waals surface area (Å²) in [6.45, 7) is 2.49. The Morgan fingerprint density at radius 2 is 2.06 bits per heavy atom. The molecular formula is C13H15ClN2S2. The van der Waals surface area contributed by atoms with Crippen LogP contribution in [0.4, 0.5) is 0 Å². The van der Waals surface area contributed by atoms with Gasteiger partial charge in [0.1, 0.15) is 0 Å². The molecule has 2 aromatic rings. The zero-order valence-electron chi connectivity index (χ0n) is 9.83. The van der Waals surface area contributed by atoms with Crippen LogP contribution < -0.4 is 5.32 Å². The fourth-order valence-electron chi connectivity index (χ4n) is 2.87. The predicted octanol–water partition coefficient (Wildman–Crippen LogP) is 3.28. The zero-order valence-corrected chi connectivity index (χ0v) is 12.3. The van der Waals surface area contributed by atoms with Crippen LogP contribution in [0.5, 0.6) is 0 Å². The van der Waals surface area contributed by atoms with Crippen LogP contribution in [-0.2, 0) is 0 Å². The average molecular weight is 299 g/mol. The summed E-state index contributed by atoms with van der Waals surface area (Å²) >= 11 is 3.78. The van der Waals surface area contributed by atoms with Gasteiger partial charge in [0.15, 0.2) is 4.34 Å². The maximum atomic E-state index is 4.67. The first-order chi connectivity index (χ1) is 8.42. The third-order valence-electron chi connectivity index (χ3n) is 3.94. The second-order valence-electron chi connectivity index (χ2n) is 4.91. The van der Waals surface area contributed by atoms with E-state index >= 15 is 0 Å². The number of hydrogen-bond donors (Lipinski definition) is 1. The molecule has 1 aliphatic heterocycles. The lowest BCUT2D eigenvalue weighted by Crippen LogP contribution is -2.15. The number of para-hydroxylation sites is 1. The summed E-state index contributed by atoms with van der Waals surface area (Å²) in [4.78, 5) is 4.67. The van der Waals surface area contributed by atoms with Gasteiger partial charge in [-0.05, 0) is 43.0 Å². The number of aromatic nitrogens is 1. The Kier molecular flexibility index (Phi) is 3.54. The minimum Gasteiger partial charge on any atom is -0.316 e. The molecule has 2 nitrogen and oxygen atoms in total. The molecule has 96 valence electrons. The Morgan fingerprint density at radius 3 is 2.83 bits per heavy atom. The summed E-state index contributed by atoms with van der Waals surface area (Å²) in [5.41, 5.74) is 1.15. The number of hydrogen-bond acceptors (Lipinski definition) is 4. The SMILES string of the molecule is Cl.c1ccc2sc(SCC3C4CNCC43)nc2c1. The number of fused-ring (bicyclic) bond motifs is 2. The number of thiazole rings is 1. The first-order valence-corrected chi connectivity index (χ1v) is 7.91. The highest BCUT2D eigenvalue weighted by Crippen LogP contribution is 2.51. The van der Waals surface area contributed by atoms with Gasteiger partial charge in [-0.3, -0.25) is 0 Å². The molecule has 0 bridgehead atoms. The van der Waals surface area contributed by atoms with Gasteiger partial charge in [-0.1, -0.05) is 23.9 Å². The molecule has 1 N–H and O–H groups in total. The van der Waals surface area contributed by atoms with Crippen molar-refractivity contribution in [3.05, 3.63) is 24.3 Å². The van der Waals surface area contributed by atoms with Crippen LogP contribution in [0.2, 0.25) is 0 Å². The van der Waals surface area contributed by atoms with E-state index in [-0.39, 0.29) is 12.4 Å². The van der Waals surface area contributed by atoms with Crippen molar-refractivity contribution >= 4 is 45.7 Å². The Hall–Kier alpha value is -0.290. The van der Waals surface area contributed by atoms with Crippen LogP contribution >= 0.6 is 35.5 Å². The molecule has 4 rings (SSSR count). The molecule has 0 amide bonds. The second-order valence-corrected chi connectivity index (χ2v) is 7.21. The number of piperidine rings is 1. The van der Waals surface area contributed by atoms with E-state index in [4.69, 9.17) is 0 Å². The quantitative estimate of drug-likeness (QED) is 0.880. The molecular weight excluding hydrogens is 284 g/mol. The van der Waals surface area contributed by atoms with Gasteiger partial charge in [0.25, 0.3) is 0 Å². The lowest BCUT2D eigenvalue weighted by Gasteiger charge is -2.01. The van der Waals surface area contributed by atoms with Crippen molar-refractivity contribution in [3.63, 3.8) is 0 Å². The van der Waals surface area contributed by atoms with Crippen molar-refractivity contribution < 1.29 is 0 Å². The van der Waals surface area contributed by atoms with Crippen LogP contribution in [0.25, 0.3) is 10.2 Å². The molecule has 2 fully saturated rings. The molecule has 1 aromatic carbocycles. The largest absolute Gasteiger partial charge is 0.316 e. The lowest BCUT2D eigenvalue weighted by atomic mass is 10.3. The van der Waals surface area contributed by atoms with Gasteiger partial charge < -0.3 is 5.32 Å². The number of nitrogens with one attached hydrogen (secondary N) is 1. The third-order valence-corrected chi connectivity index (χ3v) is 6.27. The number of halogens is 1. The molecule has 18 heavy (non-hydrogen) atoms. The fourth-order valence-corrected chi connectivity index (χ4v) is 5.27. The summed E-state index contributed by atoms with van der Waals surface area (Å²) in [5, 5.41) is 3.45. The van der Waals surface area contributed by atoms with Crippen molar-refractivity contribution in [1.29, 1.82) is 0 Å². The van der Waals surface area contributed by atoms with Gasteiger partial charge in [0.05, 0.1) is 10.2 Å². The molecule has 0 radical (unpaired) electrons. The molecule has 1 saturated heterocycles.